The predicted molar refractivity (Wildman–Crippen MR) is 154 cm³/mol. The molecule has 2 aromatic carbocycles. The molecule has 0 spiro atoms. The molecule has 0 saturated heterocycles. The molecule has 0 radical (unpaired) electrons. The molecule has 0 aliphatic rings. The second-order valence-electron chi connectivity index (χ2n) is 8.87. The SMILES string of the molecule is CCCCN(CCCC)c1cc(OC)c(Nc2nccc(-c3cn(C)c4ccccc34)n2)cc1N.Cl. The fraction of sp³-hybridized carbons (Fsp3) is 0.357. The van der Waals surface area contributed by atoms with E-state index < -0.39 is 0 Å². The first kappa shape index (κ1) is 27.1. The normalized spacial score (nSPS) is 10.8. The lowest BCUT2D eigenvalue weighted by molar-refractivity contribution is 0.416. The topological polar surface area (TPSA) is 81.2 Å². The Hall–Kier alpha value is -3.45. The van der Waals surface area contributed by atoms with Crippen molar-refractivity contribution in [3.63, 3.8) is 0 Å². The number of fused-ring (bicyclic) bond motifs is 1. The Morgan fingerprint density at radius 3 is 2.47 bits per heavy atom. The molecule has 2 aromatic heterocycles. The third kappa shape index (κ3) is 5.85. The number of hydrogen-bond donors (Lipinski definition) is 2. The van der Waals surface area contributed by atoms with Crippen LogP contribution >= 0.6 is 12.4 Å². The highest BCUT2D eigenvalue weighted by Gasteiger charge is 2.16. The molecular weight excluding hydrogens is 472 g/mol. The molecule has 192 valence electrons. The maximum absolute atomic E-state index is 6.55. The molecule has 0 unspecified atom stereocenters. The highest BCUT2D eigenvalue weighted by atomic mass is 35.5. The molecule has 36 heavy (non-hydrogen) atoms. The Bertz CT molecular complexity index is 1280. The van der Waals surface area contributed by atoms with Gasteiger partial charge in [0.05, 0.1) is 29.9 Å². The lowest BCUT2D eigenvalue weighted by Crippen LogP contribution is -2.26. The molecule has 4 aromatic rings. The number of rotatable bonds is 11. The van der Waals surface area contributed by atoms with Crippen LogP contribution in [0.1, 0.15) is 39.5 Å². The van der Waals surface area contributed by atoms with Gasteiger partial charge in [0.15, 0.2) is 0 Å². The van der Waals surface area contributed by atoms with Gasteiger partial charge in [0.2, 0.25) is 5.95 Å². The second kappa shape index (κ2) is 12.5. The Balaban J connectivity index is 0.00000361. The molecular formula is C28H37ClN6O. The smallest absolute Gasteiger partial charge is 0.227 e. The predicted octanol–water partition coefficient (Wildman–Crippen LogP) is 6.80. The van der Waals surface area contributed by atoms with Gasteiger partial charge < -0.3 is 25.3 Å². The van der Waals surface area contributed by atoms with Crippen LogP contribution in [-0.4, -0.2) is 34.7 Å². The molecule has 7 nitrogen and oxygen atoms in total. The average Bonchev–Trinajstić information content (AvgIpc) is 3.21. The van der Waals surface area contributed by atoms with E-state index in [-0.39, 0.29) is 12.4 Å². The number of methoxy groups -OCH3 is 1. The number of anilines is 4. The summed E-state index contributed by atoms with van der Waals surface area (Å²) in [6, 6.07) is 14.2. The van der Waals surface area contributed by atoms with Gasteiger partial charge in [0.1, 0.15) is 5.75 Å². The number of halogens is 1. The fourth-order valence-corrected chi connectivity index (χ4v) is 4.41. The molecule has 0 atom stereocenters. The maximum atomic E-state index is 6.55. The van der Waals surface area contributed by atoms with Crippen molar-refractivity contribution in [1.82, 2.24) is 14.5 Å². The van der Waals surface area contributed by atoms with Gasteiger partial charge in [-0.2, -0.15) is 0 Å². The van der Waals surface area contributed by atoms with Gasteiger partial charge in [-0.3, -0.25) is 0 Å². The van der Waals surface area contributed by atoms with Gasteiger partial charge in [-0.1, -0.05) is 44.9 Å². The van der Waals surface area contributed by atoms with Crippen molar-refractivity contribution < 1.29 is 4.74 Å². The highest BCUT2D eigenvalue weighted by molar-refractivity contribution is 5.95. The summed E-state index contributed by atoms with van der Waals surface area (Å²) in [4.78, 5) is 11.6. The van der Waals surface area contributed by atoms with Crippen LogP contribution in [0.15, 0.2) is 54.9 Å². The minimum Gasteiger partial charge on any atom is -0.494 e. The van der Waals surface area contributed by atoms with Crippen LogP contribution < -0.4 is 20.7 Å². The molecule has 4 rings (SSSR count). The minimum atomic E-state index is 0. The lowest BCUT2D eigenvalue weighted by Gasteiger charge is -2.27. The van der Waals surface area contributed by atoms with Crippen LogP contribution in [0.5, 0.6) is 5.75 Å². The van der Waals surface area contributed by atoms with Crippen molar-refractivity contribution in [2.75, 3.05) is 36.1 Å². The molecule has 0 saturated carbocycles. The van der Waals surface area contributed by atoms with Crippen LogP contribution in [0.3, 0.4) is 0 Å². The van der Waals surface area contributed by atoms with E-state index in [0.29, 0.717) is 17.4 Å². The first-order valence-electron chi connectivity index (χ1n) is 12.4. The van der Waals surface area contributed by atoms with E-state index in [1.54, 1.807) is 13.3 Å². The molecule has 8 heteroatoms. The summed E-state index contributed by atoms with van der Waals surface area (Å²) in [5, 5.41) is 4.49. The number of aromatic nitrogens is 3. The van der Waals surface area contributed by atoms with E-state index in [1.807, 2.05) is 37.4 Å². The maximum Gasteiger partial charge on any atom is 0.227 e. The van der Waals surface area contributed by atoms with Gasteiger partial charge in [-0.25, -0.2) is 9.97 Å². The van der Waals surface area contributed by atoms with E-state index >= 15 is 0 Å². The number of nitrogens with one attached hydrogen (secondary N) is 1. The summed E-state index contributed by atoms with van der Waals surface area (Å²) in [5.41, 5.74) is 12.1. The van der Waals surface area contributed by atoms with Crippen molar-refractivity contribution in [2.24, 2.45) is 7.05 Å². The number of para-hydroxylation sites is 1. The van der Waals surface area contributed by atoms with Gasteiger partial charge in [-0.05, 0) is 31.0 Å². The van der Waals surface area contributed by atoms with Crippen molar-refractivity contribution in [3.05, 3.63) is 54.9 Å². The Morgan fingerprint density at radius 2 is 1.78 bits per heavy atom. The first-order valence-corrected chi connectivity index (χ1v) is 12.4. The van der Waals surface area contributed by atoms with Crippen molar-refractivity contribution >= 4 is 46.3 Å². The van der Waals surface area contributed by atoms with Gasteiger partial charge in [0, 0.05) is 55.1 Å². The monoisotopic (exact) mass is 508 g/mol. The summed E-state index contributed by atoms with van der Waals surface area (Å²) in [6.45, 7) is 6.38. The van der Waals surface area contributed by atoms with Crippen LogP contribution in [0.2, 0.25) is 0 Å². The second-order valence-corrected chi connectivity index (χ2v) is 8.87. The van der Waals surface area contributed by atoms with Crippen molar-refractivity contribution in [2.45, 2.75) is 39.5 Å². The van der Waals surface area contributed by atoms with E-state index in [4.69, 9.17) is 15.5 Å². The van der Waals surface area contributed by atoms with E-state index in [2.05, 4.69) is 51.9 Å². The van der Waals surface area contributed by atoms with Crippen LogP contribution in [-0.2, 0) is 7.05 Å². The summed E-state index contributed by atoms with van der Waals surface area (Å²) in [6.07, 6.45) is 8.41. The summed E-state index contributed by atoms with van der Waals surface area (Å²) in [7, 11) is 3.72. The quantitative estimate of drug-likeness (QED) is 0.217. The highest BCUT2D eigenvalue weighted by Crippen LogP contribution is 2.37. The number of ether oxygens (including phenoxy) is 1. The zero-order chi connectivity index (χ0) is 24.8. The average molecular weight is 509 g/mol. The summed E-state index contributed by atoms with van der Waals surface area (Å²) >= 11 is 0. The van der Waals surface area contributed by atoms with Crippen LogP contribution in [0.25, 0.3) is 22.2 Å². The van der Waals surface area contributed by atoms with E-state index in [9.17, 15) is 0 Å². The Labute approximate surface area is 220 Å². The number of nitrogens with two attached hydrogens (primary N) is 1. The largest absolute Gasteiger partial charge is 0.494 e. The van der Waals surface area contributed by atoms with Crippen molar-refractivity contribution in [1.29, 1.82) is 0 Å². The van der Waals surface area contributed by atoms with E-state index in [0.717, 1.165) is 72.3 Å². The number of nitrogen functional groups attached to an aromatic ring is 1. The zero-order valence-corrected chi connectivity index (χ0v) is 22.4. The van der Waals surface area contributed by atoms with E-state index in [1.165, 1.54) is 0 Å². The molecule has 0 bridgehead atoms. The standard InChI is InChI=1S/C28H36N6O.ClH/c1-5-7-15-34(16-8-6-2)26-18-27(35-4)24(17-22(26)29)32-28-30-14-13-23(31-28)21-19-33(3)25-12-10-9-11-20(21)25;/h9-14,17-19H,5-8,15-16,29H2,1-4H3,(H,30,31,32);1H. The van der Waals surface area contributed by atoms with Gasteiger partial charge in [0.25, 0.3) is 0 Å². The van der Waals surface area contributed by atoms with Crippen LogP contribution in [0, 0.1) is 0 Å². The van der Waals surface area contributed by atoms with Gasteiger partial charge in [-0.15, -0.1) is 12.4 Å². The number of unbranched alkanes of at least 4 members (excludes halogenated alkanes) is 2. The summed E-state index contributed by atoms with van der Waals surface area (Å²) in [5.74, 6) is 1.21. The molecule has 3 N–H and O–H groups in total. The number of nitrogens with zero attached hydrogens (tertiary/aromatic N) is 4. The van der Waals surface area contributed by atoms with Gasteiger partial charge >= 0.3 is 0 Å². The first-order chi connectivity index (χ1) is 17.0. The molecule has 0 aliphatic carbocycles. The lowest BCUT2D eigenvalue weighted by atomic mass is 10.1. The third-order valence-corrected chi connectivity index (χ3v) is 6.33. The van der Waals surface area contributed by atoms with Crippen molar-refractivity contribution in [3.8, 4) is 17.0 Å². The van der Waals surface area contributed by atoms with Crippen LogP contribution in [0.4, 0.5) is 23.0 Å². The third-order valence-electron chi connectivity index (χ3n) is 6.33. The molecule has 2 heterocycles. The number of hydrogen-bond acceptors (Lipinski definition) is 6. The molecule has 0 amide bonds. The minimum absolute atomic E-state index is 0. The molecule has 0 aliphatic heterocycles. The number of aryl methyl sites for hydroxylation is 1. The Kier molecular flexibility index (Phi) is 9.42. The molecule has 0 fully saturated rings. The Morgan fingerprint density at radius 1 is 1.06 bits per heavy atom. The number of benzene rings is 2. The summed E-state index contributed by atoms with van der Waals surface area (Å²) < 4.78 is 7.86. The fourth-order valence-electron chi connectivity index (χ4n) is 4.41. The zero-order valence-electron chi connectivity index (χ0n) is 21.6.